The highest BCUT2D eigenvalue weighted by atomic mass is 16.7. The molecule has 0 radical (unpaired) electrons. The van der Waals surface area contributed by atoms with Crippen LogP contribution in [0, 0.1) is 40.5 Å². The molecule has 2 atom stereocenters. The predicted octanol–water partition coefficient (Wildman–Crippen LogP) is 5.10. The fourth-order valence-corrected chi connectivity index (χ4v) is 7.38. The number of pyridine rings is 2. The Morgan fingerprint density at radius 3 is 2.11 bits per heavy atom. The second kappa shape index (κ2) is 12.8. The Bertz CT molecular complexity index is 2750. The highest BCUT2D eigenvalue weighted by molar-refractivity contribution is 6.27. The minimum absolute atomic E-state index is 0.0599. The van der Waals surface area contributed by atoms with Crippen LogP contribution in [0.5, 0.6) is 0 Å². The van der Waals surface area contributed by atoms with E-state index < -0.39 is 106 Å². The zero-order chi connectivity index (χ0) is 40.7. The molecule has 0 saturated heterocycles. The van der Waals surface area contributed by atoms with Crippen molar-refractivity contribution in [3.8, 4) is 22.5 Å². The summed E-state index contributed by atoms with van der Waals surface area (Å²) >= 11 is 0. The molecule has 0 fully saturated rings. The Labute approximate surface area is 316 Å². The molecule has 4 heterocycles. The Morgan fingerprint density at radius 2 is 1.53 bits per heavy atom. The summed E-state index contributed by atoms with van der Waals surface area (Å²) < 4.78 is 12.7. The summed E-state index contributed by atoms with van der Waals surface area (Å²) in [5.74, 6) is -2.22. The smallest absolute Gasteiger partial charge is 0.355 e. The first-order valence-electron chi connectivity index (χ1n) is 16.9. The van der Waals surface area contributed by atoms with Crippen LogP contribution in [0.3, 0.4) is 0 Å². The first-order chi connectivity index (χ1) is 27.1. The fraction of sp³-hybridized carbons (Fsp3) is 0.194. The van der Waals surface area contributed by atoms with Crippen molar-refractivity contribution in [3.63, 3.8) is 0 Å². The van der Waals surface area contributed by atoms with Crippen LogP contribution in [0.25, 0.3) is 33.4 Å². The van der Waals surface area contributed by atoms with E-state index in [0.717, 1.165) is 30.0 Å². The molecule has 0 N–H and O–H groups in total. The van der Waals surface area contributed by atoms with Gasteiger partial charge in [-0.2, -0.15) is 0 Å². The molecule has 0 spiro atoms. The van der Waals surface area contributed by atoms with E-state index in [1.807, 2.05) is 30.3 Å². The van der Waals surface area contributed by atoms with E-state index in [1.165, 1.54) is 11.5 Å². The van der Waals surface area contributed by atoms with E-state index in [-0.39, 0.29) is 24.1 Å². The van der Waals surface area contributed by atoms with Gasteiger partial charge in [0.25, 0.3) is 28.3 Å². The second-order valence-corrected chi connectivity index (χ2v) is 13.2. The predicted molar refractivity (Wildman–Crippen MR) is 193 cm³/mol. The second-order valence-electron chi connectivity index (χ2n) is 13.2. The summed E-state index contributed by atoms with van der Waals surface area (Å²) in [6.07, 6.45) is -1.95. The van der Waals surface area contributed by atoms with Crippen molar-refractivity contribution in [1.82, 2.24) is 9.55 Å². The molecule has 21 heteroatoms. The van der Waals surface area contributed by atoms with Gasteiger partial charge in [0.05, 0.1) is 72.0 Å². The van der Waals surface area contributed by atoms with E-state index in [4.69, 9.17) is 19.3 Å². The van der Waals surface area contributed by atoms with Crippen molar-refractivity contribution in [2.45, 2.75) is 45.1 Å². The van der Waals surface area contributed by atoms with E-state index in [1.54, 1.807) is 6.07 Å². The van der Waals surface area contributed by atoms with Gasteiger partial charge in [-0.15, -0.1) is 0 Å². The molecular weight excluding hydrogens is 754 g/mol. The van der Waals surface area contributed by atoms with Crippen molar-refractivity contribution in [3.05, 3.63) is 139 Å². The van der Waals surface area contributed by atoms with Crippen LogP contribution in [0.15, 0.2) is 70.6 Å². The number of hydrogen-bond donors (Lipinski definition) is 0. The first kappa shape index (κ1) is 36.0. The molecular formula is C36H23N7O14. The van der Waals surface area contributed by atoms with Crippen LogP contribution in [0.2, 0.25) is 0 Å². The summed E-state index contributed by atoms with van der Waals surface area (Å²) in [5.41, 5.74) is -6.20. The number of carbonyl (C=O) groups is 2. The number of cyclic esters (lactones) is 1. The van der Waals surface area contributed by atoms with Crippen molar-refractivity contribution < 1.29 is 43.6 Å². The Kier molecular flexibility index (Phi) is 8.10. The lowest BCUT2D eigenvalue weighted by molar-refractivity contribution is -0.395. The summed E-state index contributed by atoms with van der Waals surface area (Å²) in [5, 5.41) is 52.6. The van der Waals surface area contributed by atoms with Gasteiger partial charge in [0.1, 0.15) is 12.3 Å². The first-order valence-corrected chi connectivity index (χ1v) is 16.9. The molecule has 2 aromatic heterocycles. The van der Waals surface area contributed by atoms with Crippen LogP contribution in [-0.2, 0) is 42.7 Å². The Balaban J connectivity index is 1.19. The number of hydrogen-bond acceptors (Lipinski definition) is 16. The normalized spacial score (nSPS) is 16.3. The number of esters is 2. The van der Waals surface area contributed by atoms with Gasteiger partial charge in [0, 0.05) is 39.8 Å². The zero-order valence-electron chi connectivity index (χ0n) is 29.3. The standard InChI is InChI=1S/C36H23N7O14/c1-3-36(24-13-28-31-18(8-17-6-4-5-7-25(17)37-31)14-39(28)33(44)23(24)15-55-35(36)46)56-34(45)16(2)57-38-32-21-9-19(40(47)48)11-26(42(51)52)29(21)30-22(32)10-20(41(49)50)12-27(30)43(53)54/h4-13,16H,3,14-15H2,1-2H3/t16-,36-/m0/s1. The minimum Gasteiger partial charge on any atom is -0.457 e. The fourth-order valence-electron chi connectivity index (χ4n) is 7.38. The lowest BCUT2D eigenvalue weighted by Crippen LogP contribution is -2.48. The molecule has 1 aliphatic carbocycles. The molecule has 57 heavy (non-hydrogen) atoms. The van der Waals surface area contributed by atoms with Gasteiger partial charge in [-0.05, 0) is 31.5 Å². The maximum absolute atomic E-state index is 13.9. The molecule has 21 nitrogen and oxygen atoms in total. The maximum Gasteiger partial charge on any atom is 0.355 e. The number of oxime groups is 1. The molecule has 5 aromatic rings. The molecule has 0 unspecified atom stereocenters. The minimum atomic E-state index is -2.17. The Hall–Kier alpha value is -7.97. The monoisotopic (exact) mass is 777 g/mol. The topological polar surface area (TPSA) is 282 Å². The quantitative estimate of drug-likeness (QED) is 0.105. The third kappa shape index (κ3) is 5.42. The lowest BCUT2D eigenvalue weighted by atomic mass is 9.85. The molecule has 286 valence electrons. The van der Waals surface area contributed by atoms with Crippen molar-refractivity contribution in [1.29, 1.82) is 0 Å². The molecule has 8 rings (SSSR count). The number of fused-ring (bicyclic) bond motifs is 8. The van der Waals surface area contributed by atoms with E-state index in [0.29, 0.717) is 29.0 Å². The average molecular weight is 778 g/mol. The van der Waals surface area contributed by atoms with E-state index in [2.05, 4.69) is 5.16 Å². The maximum atomic E-state index is 13.9. The summed E-state index contributed by atoms with van der Waals surface area (Å²) in [7, 11) is 0. The van der Waals surface area contributed by atoms with Gasteiger partial charge in [0.2, 0.25) is 11.7 Å². The third-order valence-corrected chi connectivity index (χ3v) is 10.1. The number of carbonyl (C=O) groups excluding carboxylic acids is 2. The van der Waals surface area contributed by atoms with E-state index in [9.17, 15) is 54.8 Å². The van der Waals surface area contributed by atoms with Gasteiger partial charge in [0.15, 0.2) is 0 Å². The number of benzene rings is 3. The van der Waals surface area contributed by atoms with E-state index >= 15 is 0 Å². The SMILES string of the molecule is CC[C@@]1(OC(=O)[C@H](C)ON=C2c3cc([N+](=O)[O-])cc([N+](=O)[O-])c3-c3c2cc([N+](=O)[O-])cc3[N+](=O)[O-])C(=O)OCc2c1cc1n(c2=O)Cc2cc3ccccc3nc2-1. The van der Waals surface area contributed by atoms with Gasteiger partial charge < -0.3 is 18.9 Å². The highest BCUT2D eigenvalue weighted by Crippen LogP contribution is 2.50. The number of ether oxygens (including phenoxy) is 2. The third-order valence-electron chi connectivity index (χ3n) is 10.1. The number of para-hydroxylation sites is 1. The average Bonchev–Trinajstić information content (AvgIpc) is 3.70. The lowest BCUT2D eigenvalue weighted by Gasteiger charge is -2.36. The van der Waals surface area contributed by atoms with Gasteiger partial charge in [-0.3, -0.25) is 45.3 Å². The highest BCUT2D eigenvalue weighted by Gasteiger charge is 2.51. The van der Waals surface area contributed by atoms with Crippen LogP contribution < -0.4 is 5.56 Å². The number of aromatic nitrogens is 2. The molecule has 3 aromatic carbocycles. The number of nitrogens with zero attached hydrogens (tertiary/aromatic N) is 7. The summed E-state index contributed by atoms with van der Waals surface area (Å²) in [4.78, 5) is 95.3. The van der Waals surface area contributed by atoms with Crippen molar-refractivity contribution in [2.24, 2.45) is 5.16 Å². The molecule has 0 amide bonds. The molecule has 0 bridgehead atoms. The molecule has 0 saturated carbocycles. The summed E-state index contributed by atoms with van der Waals surface area (Å²) in [6, 6.07) is 13.6. The van der Waals surface area contributed by atoms with Crippen LogP contribution in [-0.4, -0.2) is 53.0 Å². The molecule has 2 aliphatic heterocycles. The van der Waals surface area contributed by atoms with Crippen LogP contribution in [0.1, 0.15) is 48.1 Å². The summed E-state index contributed by atoms with van der Waals surface area (Å²) in [6.45, 7) is 2.44. The number of nitro groups is 4. The van der Waals surface area contributed by atoms with Crippen LogP contribution in [0.4, 0.5) is 22.7 Å². The number of non-ortho nitro benzene ring substituents is 2. The van der Waals surface area contributed by atoms with Crippen molar-refractivity contribution >= 4 is 51.3 Å². The number of nitro benzene ring substituents is 4. The zero-order valence-corrected chi connectivity index (χ0v) is 29.3. The van der Waals surface area contributed by atoms with Crippen molar-refractivity contribution in [2.75, 3.05) is 0 Å². The Morgan fingerprint density at radius 1 is 0.912 bits per heavy atom. The largest absolute Gasteiger partial charge is 0.457 e. The van der Waals surface area contributed by atoms with Gasteiger partial charge in [-0.25, -0.2) is 14.6 Å². The van der Waals surface area contributed by atoms with Gasteiger partial charge in [-0.1, -0.05) is 30.3 Å². The molecule has 3 aliphatic rings. The number of rotatable bonds is 9. The van der Waals surface area contributed by atoms with Gasteiger partial charge >= 0.3 is 11.9 Å². The van der Waals surface area contributed by atoms with Crippen LogP contribution >= 0.6 is 0 Å².